The van der Waals surface area contributed by atoms with Crippen LogP contribution in [0, 0.1) is 0 Å². The largest absolute Gasteiger partial charge is 0.497 e. The number of carbonyl (C=O) groups excluding carboxylic acids is 2. The van der Waals surface area contributed by atoms with E-state index in [4.69, 9.17) is 4.74 Å². The summed E-state index contributed by atoms with van der Waals surface area (Å²) in [6.07, 6.45) is 6.20. The van der Waals surface area contributed by atoms with E-state index >= 15 is 0 Å². The van der Waals surface area contributed by atoms with Gasteiger partial charge in [0.1, 0.15) is 11.3 Å². The van der Waals surface area contributed by atoms with Gasteiger partial charge in [-0.3, -0.25) is 14.5 Å². The first-order valence-corrected chi connectivity index (χ1v) is 12.6. The van der Waals surface area contributed by atoms with E-state index in [9.17, 15) is 18.0 Å². The van der Waals surface area contributed by atoms with Gasteiger partial charge >= 0.3 is 0 Å². The molecule has 0 bridgehead atoms. The van der Waals surface area contributed by atoms with Gasteiger partial charge in [-0.15, -0.1) is 0 Å². The Hall–Kier alpha value is -2.13. The predicted molar refractivity (Wildman–Crippen MR) is 120 cm³/mol. The van der Waals surface area contributed by atoms with Crippen molar-refractivity contribution in [3.8, 4) is 5.75 Å². The molecular formula is C22H33N3O5S. The molecule has 0 radical (unpaired) electrons. The average Bonchev–Trinajstić information content (AvgIpc) is 3.02. The number of nitrogens with zero attached hydrogens (tertiary/aromatic N) is 2. The molecule has 0 spiro atoms. The first-order valence-electron chi connectivity index (χ1n) is 11.0. The summed E-state index contributed by atoms with van der Waals surface area (Å²) in [5.74, 6) is -0.332. The first-order chi connectivity index (χ1) is 14.7. The molecule has 1 saturated heterocycles. The highest BCUT2D eigenvalue weighted by Gasteiger charge is 2.51. The molecule has 0 aromatic heterocycles. The van der Waals surface area contributed by atoms with E-state index in [1.54, 1.807) is 31.2 Å². The van der Waals surface area contributed by atoms with Crippen LogP contribution in [0.5, 0.6) is 5.75 Å². The highest BCUT2D eigenvalue weighted by molar-refractivity contribution is 7.89. The van der Waals surface area contributed by atoms with Crippen LogP contribution in [0.4, 0.5) is 5.69 Å². The lowest BCUT2D eigenvalue weighted by atomic mass is 9.93. The number of sulfonamides is 1. The number of methoxy groups -OCH3 is 1. The maximum Gasteiger partial charge on any atom is 0.247 e. The van der Waals surface area contributed by atoms with Crippen molar-refractivity contribution in [3.63, 3.8) is 0 Å². The van der Waals surface area contributed by atoms with Crippen molar-refractivity contribution in [3.05, 3.63) is 24.3 Å². The Kier molecular flexibility index (Phi) is 7.26. The molecule has 1 saturated carbocycles. The minimum atomic E-state index is -3.63. The zero-order chi connectivity index (χ0) is 22.6. The maximum absolute atomic E-state index is 13.6. The lowest BCUT2D eigenvalue weighted by Gasteiger charge is -2.47. The number of carbonyl (C=O) groups is 2. The van der Waals surface area contributed by atoms with Gasteiger partial charge in [0.25, 0.3) is 0 Å². The summed E-state index contributed by atoms with van der Waals surface area (Å²) in [4.78, 5) is 28.3. The predicted octanol–water partition coefficient (Wildman–Crippen LogP) is 2.29. The van der Waals surface area contributed by atoms with Gasteiger partial charge in [-0.05, 0) is 38.8 Å². The molecule has 1 atom stereocenters. The van der Waals surface area contributed by atoms with Crippen LogP contribution in [0.1, 0.15) is 52.4 Å². The summed E-state index contributed by atoms with van der Waals surface area (Å²) in [6, 6.07) is 6.97. The van der Waals surface area contributed by atoms with E-state index < -0.39 is 21.5 Å². The van der Waals surface area contributed by atoms with Gasteiger partial charge in [-0.25, -0.2) is 8.42 Å². The van der Waals surface area contributed by atoms with Crippen LogP contribution in [0.15, 0.2) is 24.3 Å². The molecule has 1 heterocycles. The van der Waals surface area contributed by atoms with Crippen LogP contribution >= 0.6 is 0 Å². The van der Waals surface area contributed by atoms with Crippen molar-refractivity contribution in [2.75, 3.05) is 30.9 Å². The molecule has 3 rings (SSSR count). The Morgan fingerprint density at radius 3 is 2.52 bits per heavy atom. The van der Waals surface area contributed by atoms with Crippen LogP contribution in [0.25, 0.3) is 0 Å². The Bertz CT molecular complexity index is 911. The van der Waals surface area contributed by atoms with E-state index in [2.05, 4.69) is 5.32 Å². The number of ether oxygens (including phenoxy) is 1. The van der Waals surface area contributed by atoms with Crippen molar-refractivity contribution in [1.82, 2.24) is 9.62 Å². The standard InChI is InChI=1S/C22H33N3O5S/c1-4-31(28,29)24-15-20(26)25(18-12-9-13-19(14-18)30-3)22(2,16-24)21(27)23-17-10-7-5-6-8-11-17/h9,12-14,17H,4-8,10-11,15-16H2,1-3H3,(H,23,27)/t22-/m0/s1. The number of hydrogen-bond donors (Lipinski definition) is 1. The number of hydrogen-bond acceptors (Lipinski definition) is 5. The van der Waals surface area contributed by atoms with Crippen LogP contribution in [-0.4, -0.2) is 62.1 Å². The second-order valence-electron chi connectivity index (χ2n) is 8.54. The minimum Gasteiger partial charge on any atom is -0.497 e. The van der Waals surface area contributed by atoms with Crippen molar-refractivity contribution < 1.29 is 22.7 Å². The van der Waals surface area contributed by atoms with Crippen molar-refractivity contribution >= 4 is 27.5 Å². The fourth-order valence-corrected chi connectivity index (χ4v) is 5.58. The van der Waals surface area contributed by atoms with E-state index in [0.717, 1.165) is 42.8 Å². The fraction of sp³-hybridized carbons (Fsp3) is 0.636. The summed E-state index contributed by atoms with van der Waals surface area (Å²) in [6.45, 7) is 2.80. The zero-order valence-corrected chi connectivity index (χ0v) is 19.4. The minimum absolute atomic E-state index is 0.0345. The summed E-state index contributed by atoms with van der Waals surface area (Å²) < 4.78 is 31.6. The third-order valence-electron chi connectivity index (χ3n) is 6.29. The number of amides is 2. The summed E-state index contributed by atoms with van der Waals surface area (Å²) in [7, 11) is -2.10. The van der Waals surface area contributed by atoms with E-state index in [-0.39, 0.29) is 30.8 Å². The Labute approximate surface area is 185 Å². The molecular weight excluding hydrogens is 418 g/mol. The third-order valence-corrected chi connectivity index (χ3v) is 8.06. The topological polar surface area (TPSA) is 96.0 Å². The smallest absolute Gasteiger partial charge is 0.247 e. The van der Waals surface area contributed by atoms with E-state index in [1.807, 2.05) is 0 Å². The maximum atomic E-state index is 13.6. The van der Waals surface area contributed by atoms with E-state index in [1.165, 1.54) is 18.9 Å². The van der Waals surface area contributed by atoms with Crippen LogP contribution in [-0.2, 0) is 19.6 Å². The van der Waals surface area contributed by atoms with Crippen LogP contribution in [0.2, 0.25) is 0 Å². The van der Waals surface area contributed by atoms with Gasteiger partial charge in [0.05, 0.1) is 19.4 Å². The number of nitrogens with one attached hydrogen (secondary N) is 1. The van der Waals surface area contributed by atoms with Gasteiger partial charge in [0.15, 0.2) is 0 Å². The fourth-order valence-electron chi connectivity index (χ4n) is 4.46. The number of anilines is 1. The molecule has 8 nitrogen and oxygen atoms in total. The molecule has 1 aliphatic carbocycles. The summed E-state index contributed by atoms with van der Waals surface area (Å²) >= 11 is 0. The van der Waals surface area contributed by atoms with Crippen molar-refractivity contribution in [2.45, 2.75) is 64.0 Å². The molecule has 172 valence electrons. The van der Waals surface area contributed by atoms with Crippen molar-refractivity contribution in [1.29, 1.82) is 0 Å². The average molecular weight is 452 g/mol. The Morgan fingerprint density at radius 2 is 1.90 bits per heavy atom. The van der Waals surface area contributed by atoms with Gasteiger partial charge in [-0.2, -0.15) is 4.31 Å². The van der Waals surface area contributed by atoms with E-state index in [0.29, 0.717) is 11.4 Å². The highest BCUT2D eigenvalue weighted by atomic mass is 32.2. The molecule has 2 fully saturated rings. The first kappa shape index (κ1) is 23.5. The van der Waals surface area contributed by atoms with Gasteiger partial charge in [0.2, 0.25) is 21.8 Å². The van der Waals surface area contributed by atoms with Gasteiger partial charge in [-0.1, -0.05) is 31.7 Å². The third kappa shape index (κ3) is 5.03. The monoisotopic (exact) mass is 451 g/mol. The molecule has 1 aromatic rings. The molecule has 1 aromatic carbocycles. The second-order valence-corrected chi connectivity index (χ2v) is 10.8. The summed E-state index contributed by atoms with van der Waals surface area (Å²) in [5.41, 5.74) is -0.868. The van der Waals surface area contributed by atoms with Gasteiger partial charge in [0, 0.05) is 24.3 Å². The zero-order valence-electron chi connectivity index (χ0n) is 18.6. The highest BCUT2D eigenvalue weighted by Crippen LogP contribution is 2.33. The molecule has 2 amide bonds. The molecule has 1 aliphatic heterocycles. The Morgan fingerprint density at radius 1 is 1.23 bits per heavy atom. The SMILES string of the molecule is CCS(=O)(=O)N1CC(=O)N(c2cccc(OC)c2)[C@](C)(C(=O)NC2CCCCCC2)C1. The van der Waals surface area contributed by atoms with Crippen LogP contribution < -0.4 is 15.0 Å². The quantitative estimate of drug-likeness (QED) is 0.670. The lowest BCUT2D eigenvalue weighted by molar-refractivity contribution is -0.133. The Balaban J connectivity index is 1.98. The van der Waals surface area contributed by atoms with Gasteiger partial charge < -0.3 is 10.1 Å². The lowest BCUT2D eigenvalue weighted by Crippen LogP contribution is -2.70. The number of benzene rings is 1. The number of piperazine rings is 1. The summed E-state index contributed by atoms with van der Waals surface area (Å²) in [5, 5.41) is 3.12. The normalized spacial score (nSPS) is 24.0. The second kappa shape index (κ2) is 9.56. The molecule has 2 aliphatic rings. The number of rotatable bonds is 6. The van der Waals surface area contributed by atoms with Crippen molar-refractivity contribution in [2.24, 2.45) is 0 Å². The van der Waals surface area contributed by atoms with Crippen LogP contribution in [0.3, 0.4) is 0 Å². The molecule has 9 heteroatoms. The molecule has 0 unspecified atom stereocenters. The molecule has 1 N–H and O–H groups in total. The molecule has 31 heavy (non-hydrogen) atoms.